The largest absolute Gasteiger partial charge is 0.355 e. The predicted octanol–water partition coefficient (Wildman–Crippen LogP) is 1.69. The van der Waals surface area contributed by atoms with E-state index < -0.39 is 34.4 Å². The highest BCUT2D eigenvalue weighted by molar-refractivity contribution is 7.90. The molecular weight excluding hydrogens is 418 g/mol. The van der Waals surface area contributed by atoms with Gasteiger partial charge in [0, 0.05) is 13.1 Å². The van der Waals surface area contributed by atoms with Gasteiger partial charge in [0.2, 0.25) is 11.8 Å². The van der Waals surface area contributed by atoms with Gasteiger partial charge in [-0.1, -0.05) is 42.0 Å². The molecule has 0 bridgehead atoms. The zero-order chi connectivity index (χ0) is 22.8. The summed E-state index contributed by atoms with van der Waals surface area (Å²) in [6.45, 7) is 5.08. The first-order valence-corrected chi connectivity index (χ1v) is 11.4. The number of hydrogen-bond acceptors (Lipinski definition) is 5. The fourth-order valence-corrected chi connectivity index (χ4v) is 5.03. The lowest BCUT2D eigenvalue weighted by atomic mass is 10.1. The minimum absolute atomic E-state index is 0.0392. The van der Waals surface area contributed by atoms with Gasteiger partial charge in [-0.15, -0.1) is 0 Å². The summed E-state index contributed by atoms with van der Waals surface area (Å²) < 4.78 is 26.2. The molecule has 31 heavy (non-hydrogen) atoms. The molecule has 0 spiro atoms. The summed E-state index contributed by atoms with van der Waals surface area (Å²) in [5.41, 5.74) is 1.82. The van der Waals surface area contributed by atoms with Crippen LogP contribution < -0.4 is 5.32 Å². The van der Waals surface area contributed by atoms with E-state index in [-0.39, 0.29) is 22.9 Å². The number of rotatable bonds is 7. The SMILES string of the molecule is CCNC(=O)C(C)N(Cc1cccc(C)c1)C(=O)CN1C(=O)c2ccccc2S1(=O)=O. The zero-order valence-corrected chi connectivity index (χ0v) is 18.5. The van der Waals surface area contributed by atoms with E-state index in [0.29, 0.717) is 10.8 Å². The van der Waals surface area contributed by atoms with Gasteiger partial charge in [0.15, 0.2) is 0 Å². The lowest BCUT2D eigenvalue weighted by molar-refractivity contribution is -0.140. The van der Waals surface area contributed by atoms with Gasteiger partial charge in [0.25, 0.3) is 15.9 Å². The van der Waals surface area contributed by atoms with E-state index in [1.54, 1.807) is 19.9 Å². The Hall–Kier alpha value is -3.20. The van der Waals surface area contributed by atoms with Crippen LogP contribution in [0.3, 0.4) is 0 Å². The molecular formula is C22H25N3O5S. The lowest BCUT2D eigenvalue weighted by Crippen LogP contribution is -2.51. The van der Waals surface area contributed by atoms with E-state index in [9.17, 15) is 22.8 Å². The van der Waals surface area contributed by atoms with E-state index in [2.05, 4.69) is 5.32 Å². The van der Waals surface area contributed by atoms with Crippen molar-refractivity contribution < 1.29 is 22.8 Å². The number of benzene rings is 2. The number of amides is 3. The third-order valence-corrected chi connectivity index (χ3v) is 6.93. The number of sulfonamides is 1. The molecule has 3 rings (SSSR count). The van der Waals surface area contributed by atoms with Crippen molar-refractivity contribution in [2.75, 3.05) is 13.1 Å². The van der Waals surface area contributed by atoms with Crippen LogP contribution in [0.2, 0.25) is 0 Å². The molecule has 3 amide bonds. The van der Waals surface area contributed by atoms with Crippen LogP contribution in [0.5, 0.6) is 0 Å². The molecule has 0 fully saturated rings. The monoisotopic (exact) mass is 443 g/mol. The zero-order valence-electron chi connectivity index (χ0n) is 17.7. The molecule has 0 saturated carbocycles. The van der Waals surface area contributed by atoms with Crippen molar-refractivity contribution in [1.29, 1.82) is 0 Å². The van der Waals surface area contributed by atoms with Crippen molar-refractivity contribution >= 4 is 27.7 Å². The third kappa shape index (κ3) is 4.46. The summed E-state index contributed by atoms with van der Waals surface area (Å²) in [7, 11) is -4.12. The molecule has 0 aliphatic carbocycles. The van der Waals surface area contributed by atoms with Crippen molar-refractivity contribution in [2.45, 2.75) is 38.3 Å². The number of carbonyl (C=O) groups is 3. The van der Waals surface area contributed by atoms with Crippen molar-refractivity contribution in [3.05, 3.63) is 65.2 Å². The maximum Gasteiger partial charge on any atom is 0.269 e. The summed E-state index contributed by atoms with van der Waals surface area (Å²) in [5.74, 6) is -1.74. The number of aryl methyl sites for hydroxylation is 1. The Morgan fingerprint density at radius 1 is 1.13 bits per heavy atom. The Bertz CT molecular complexity index is 1130. The quantitative estimate of drug-likeness (QED) is 0.701. The summed E-state index contributed by atoms with van der Waals surface area (Å²) in [6, 6.07) is 12.5. The van der Waals surface area contributed by atoms with Crippen LogP contribution in [0.1, 0.15) is 35.3 Å². The number of fused-ring (bicyclic) bond motifs is 1. The van der Waals surface area contributed by atoms with Crippen molar-refractivity contribution in [2.24, 2.45) is 0 Å². The van der Waals surface area contributed by atoms with Gasteiger partial charge in [-0.05, 0) is 38.5 Å². The second-order valence-corrected chi connectivity index (χ2v) is 9.22. The average Bonchev–Trinajstić information content (AvgIpc) is 2.92. The molecule has 2 aromatic rings. The highest BCUT2D eigenvalue weighted by Crippen LogP contribution is 2.30. The predicted molar refractivity (Wildman–Crippen MR) is 115 cm³/mol. The topological polar surface area (TPSA) is 104 Å². The van der Waals surface area contributed by atoms with E-state index in [0.717, 1.165) is 11.1 Å². The fourth-order valence-electron chi connectivity index (χ4n) is 3.51. The van der Waals surface area contributed by atoms with Crippen LogP contribution in [0.15, 0.2) is 53.4 Å². The molecule has 1 unspecified atom stereocenters. The van der Waals surface area contributed by atoms with Gasteiger partial charge in [-0.25, -0.2) is 12.7 Å². The van der Waals surface area contributed by atoms with E-state index in [4.69, 9.17) is 0 Å². The molecule has 1 heterocycles. The number of nitrogens with zero attached hydrogens (tertiary/aromatic N) is 2. The Morgan fingerprint density at radius 2 is 1.84 bits per heavy atom. The Kier molecular flexibility index (Phi) is 6.45. The highest BCUT2D eigenvalue weighted by atomic mass is 32.2. The number of nitrogens with one attached hydrogen (secondary N) is 1. The molecule has 0 aromatic heterocycles. The van der Waals surface area contributed by atoms with Crippen LogP contribution in [0, 0.1) is 6.92 Å². The van der Waals surface area contributed by atoms with E-state index >= 15 is 0 Å². The molecule has 1 aliphatic heterocycles. The van der Waals surface area contributed by atoms with Crippen LogP contribution in [0.4, 0.5) is 0 Å². The average molecular weight is 444 g/mol. The second kappa shape index (κ2) is 8.89. The van der Waals surface area contributed by atoms with Gasteiger partial charge < -0.3 is 10.2 Å². The second-order valence-electron chi connectivity index (χ2n) is 7.39. The number of hydrogen-bond donors (Lipinski definition) is 1. The van der Waals surface area contributed by atoms with Gasteiger partial charge in [0.1, 0.15) is 17.5 Å². The Labute approximate surface area is 181 Å². The number of likely N-dealkylation sites (N-methyl/N-ethyl adjacent to an activating group) is 1. The van der Waals surface area contributed by atoms with Crippen molar-refractivity contribution in [3.63, 3.8) is 0 Å². The summed E-state index contributed by atoms with van der Waals surface area (Å²) in [5, 5.41) is 2.68. The van der Waals surface area contributed by atoms with E-state index in [1.807, 2.05) is 31.2 Å². The summed E-state index contributed by atoms with van der Waals surface area (Å²) in [4.78, 5) is 39.5. The van der Waals surface area contributed by atoms with Crippen molar-refractivity contribution in [3.8, 4) is 0 Å². The first kappa shape index (κ1) is 22.5. The van der Waals surface area contributed by atoms with Crippen LogP contribution in [0.25, 0.3) is 0 Å². The van der Waals surface area contributed by atoms with Gasteiger partial charge in [-0.2, -0.15) is 0 Å². The lowest BCUT2D eigenvalue weighted by Gasteiger charge is -2.30. The molecule has 1 N–H and O–H groups in total. The first-order chi connectivity index (χ1) is 14.7. The molecule has 1 aliphatic rings. The summed E-state index contributed by atoms with van der Waals surface area (Å²) in [6.07, 6.45) is 0. The number of carbonyl (C=O) groups excluding carboxylic acids is 3. The van der Waals surface area contributed by atoms with Crippen LogP contribution in [-0.4, -0.2) is 54.5 Å². The van der Waals surface area contributed by atoms with Gasteiger partial charge >= 0.3 is 0 Å². The standard InChI is InChI=1S/C22H25N3O5S/c1-4-23-21(27)16(3)24(13-17-9-7-8-15(2)12-17)20(26)14-25-22(28)18-10-5-6-11-19(18)31(25,29)30/h5-12,16H,4,13-14H2,1-3H3,(H,23,27). The molecule has 9 heteroatoms. The molecule has 2 aromatic carbocycles. The van der Waals surface area contributed by atoms with Gasteiger partial charge in [0.05, 0.1) is 5.56 Å². The molecule has 164 valence electrons. The minimum Gasteiger partial charge on any atom is -0.355 e. The smallest absolute Gasteiger partial charge is 0.269 e. The van der Waals surface area contributed by atoms with Crippen LogP contribution in [-0.2, 0) is 26.2 Å². The van der Waals surface area contributed by atoms with E-state index in [1.165, 1.54) is 23.1 Å². The molecule has 8 nitrogen and oxygen atoms in total. The highest BCUT2D eigenvalue weighted by Gasteiger charge is 2.43. The fraction of sp³-hybridized carbons (Fsp3) is 0.318. The first-order valence-electron chi connectivity index (χ1n) is 9.95. The normalized spacial score (nSPS) is 15.3. The maximum absolute atomic E-state index is 13.2. The molecule has 0 saturated heterocycles. The Morgan fingerprint density at radius 3 is 2.48 bits per heavy atom. The van der Waals surface area contributed by atoms with Crippen molar-refractivity contribution in [1.82, 2.24) is 14.5 Å². The molecule has 0 radical (unpaired) electrons. The Balaban J connectivity index is 1.89. The van der Waals surface area contributed by atoms with Crippen LogP contribution >= 0.6 is 0 Å². The summed E-state index contributed by atoms with van der Waals surface area (Å²) >= 11 is 0. The maximum atomic E-state index is 13.2. The minimum atomic E-state index is -4.12. The molecule has 1 atom stereocenters. The van der Waals surface area contributed by atoms with Gasteiger partial charge in [-0.3, -0.25) is 14.4 Å². The third-order valence-electron chi connectivity index (χ3n) is 5.14.